The standard InChI is InChI=1S/C15H19N3/c1-2-18-14(9-10-17-18)15(16)13-8-7-11-5-3-4-6-12(11)13/h3-6,9-10,13,15H,2,7-8,16H2,1H3. The number of rotatable bonds is 3. The molecular formula is C15H19N3. The van der Waals surface area contributed by atoms with Crippen molar-refractivity contribution in [2.75, 3.05) is 0 Å². The fraction of sp³-hybridized carbons (Fsp3) is 0.400. The lowest BCUT2D eigenvalue weighted by molar-refractivity contribution is 0.495. The summed E-state index contributed by atoms with van der Waals surface area (Å²) in [5.41, 5.74) is 10.5. The van der Waals surface area contributed by atoms with E-state index in [1.807, 2.05) is 10.9 Å². The van der Waals surface area contributed by atoms with Crippen molar-refractivity contribution in [1.29, 1.82) is 0 Å². The number of fused-ring (bicyclic) bond motifs is 1. The van der Waals surface area contributed by atoms with Crippen LogP contribution in [0.1, 0.15) is 42.1 Å². The molecule has 3 nitrogen and oxygen atoms in total. The Hall–Kier alpha value is -1.61. The molecule has 1 heterocycles. The van der Waals surface area contributed by atoms with Crippen LogP contribution in [0.3, 0.4) is 0 Å². The van der Waals surface area contributed by atoms with Crippen LogP contribution < -0.4 is 5.73 Å². The first-order chi connectivity index (χ1) is 8.81. The van der Waals surface area contributed by atoms with Crippen molar-refractivity contribution in [2.24, 2.45) is 5.73 Å². The van der Waals surface area contributed by atoms with Gasteiger partial charge in [0.1, 0.15) is 0 Å². The first-order valence-corrected chi connectivity index (χ1v) is 6.66. The lowest BCUT2D eigenvalue weighted by Crippen LogP contribution is -2.21. The number of hydrogen-bond acceptors (Lipinski definition) is 2. The van der Waals surface area contributed by atoms with Crippen LogP contribution in [0.5, 0.6) is 0 Å². The van der Waals surface area contributed by atoms with Gasteiger partial charge in [0.25, 0.3) is 0 Å². The first kappa shape index (κ1) is 11.5. The summed E-state index contributed by atoms with van der Waals surface area (Å²) in [6, 6.07) is 10.8. The Balaban J connectivity index is 1.93. The SMILES string of the molecule is CCn1nccc1C(N)C1CCc2ccccc21. The Morgan fingerprint density at radius 2 is 2.22 bits per heavy atom. The van der Waals surface area contributed by atoms with Gasteiger partial charge in [0.05, 0.1) is 11.7 Å². The van der Waals surface area contributed by atoms with Crippen LogP contribution >= 0.6 is 0 Å². The number of aromatic nitrogens is 2. The third-order valence-corrected chi connectivity index (χ3v) is 4.00. The van der Waals surface area contributed by atoms with E-state index in [1.54, 1.807) is 0 Å². The van der Waals surface area contributed by atoms with Gasteiger partial charge in [-0.15, -0.1) is 0 Å². The van der Waals surface area contributed by atoms with Crippen LogP contribution in [0.4, 0.5) is 0 Å². The first-order valence-electron chi connectivity index (χ1n) is 6.66. The summed E-state index contributed by atoms with van der Waals surface area (Å²) in [6.07, 6.45) is 4.14. The molecule has 2 aromatic rings. The molecule has 0 radical (unpaired) electrons. The second-order valence-electron chi connectivity index (χ2n) is 4.94. The molecule has 1 aliphatic rings. The fourth-order valence-corrected chi connectivity index (χ4v) is 3.06. The molecule has 18 heavy (non-hydrogen) atoms. The summed E-state index contributed by atoms with van der Waals surface area (Å²) >= 11 is 0. The number of benzene rings is 1. The molecular weight excluding hydrogens is 222 g/mol. The molecule has 0 aliphatic heterocycles. The van der Waals surface area contributed by atoms with E-state index >= 15 is 0 Å². The second-order valence-corrected chi connectivity index (χ2v) is 4.94. The van der Waals surface area contributed by atoms with Crippen molar-refractivity contribution in [3.8, 4) is 0 Å². The smallest absolute Gasteiger partial charge is 0.0557 e. The third-order valence-electron chi connectivity index (χ3n) is 4.00. The van der Waals surface area contributed by atoms with Crippen LogP contribution in [-0.2, 0) is 13.0 Å². The van der Waals surface area contributed by atoms with Gasteiger partial charge in [-0.05, 0) is 37.0 Å². The van der Waals surface area contributed by atoms with Gasteiger partial charge >= 0.3 is 0 Å². The Morgan fingerprint density at radius 3 is 3.06 bits per heavy atom. The summed E-state index contributed by atoms with van der Waals surface area (Å²) < 4.78 is 2.01. The van der Waals surface area contributed by atoms with E-state index < -0.39 is 0 Å². The molecule has 1 aromatic carbocycles. The van der Waals surface area contributed by atoms with Crippen LogP contribution in [0.25, 0.3) is 0 Å². The molecule has 2 atom stereocenters. The molecule has 2 unspecified atom stereocenters. The minimum absolute atomic E-state index is 0.0519. The quantitative estimate of drug-likeness (QED) is 0.897. The normalized spacial score (nSPS) is 19.8. The zero-order valence-corrected chi connectivity index (χ0v) is 10.7. The molecule has 1 aromatic heterocycles. The predicted molar refractivity (Wildman–Crippen MR) is 72.3 cm³/mol. The average Bonchev–Trinajstić information content (AvgIpc) is 3.04. The highest BCUT2D eigenvalue weighted by molar-refractivity contribution is 5.37. The molecule has 94 valence electrons. The summed E-state index contributed by atoms with van der Waals surface area (Å²) in [7, 11) is 0. The zero-order chi connectivity index (χ0) is 12.5. The average molecular weight is 241 g/mol. The summed E-state index contributed by atoms with van der Waals surface area (Å²) in [4.78, 5) is 0. The monoisotopic (exact) mass is 241 g/mol. The highest BCUT2D eigenvalue weighted by Crippen LogP contribution is 2.40. The van der Waals surface area contributed by atoms with Crippen molar-refractivity contribution >= 4 is 0 Å². The summed E-state index contributed by atoms with van der Waals surface area (Å²) in [5, 5.41) is 4.32. The number of aryl methyl sites for hydroxylation is 2. The van der Waals surface area contributed by atoms with Crippen LogP contribution in [0.15, 0.2) is 36.5 Å². The number of nitrogens with two attached hydrogens (primary N) is 1. The van der Waals surface area contributed by atoms with E-state index in [2.05, 4.69) is 42.4 Å². The van der Waals surface area contributed by atoms with E-state index in [4.69, 9.17) is 5.73 Å². The minimum Gasteiger partial charge on any atom is -0.322 e. The molecule has 0 fully saturated rings. The molecule has 1 aliphatic carbocycles. The molecule has 3 heteroatoms. The summed E-state index contributed by atoms with van der Waals surface area (Å²) in [6.45, 7) is 2.98. The fourth-order valence-electron chi connectivity index (χ4n) is 3.06. The molecule has 2 N–H and O–H groups in total. The highest BCUT2D eigenvalue weighted by Gasteiger charge is 2.29. The maximum Gasteiger partial charge on any atom is 0.0557 e. The lowest BCUT2D eigenvalue weighted by Gasteiger charge is -2.21. The van der Waals surface area contributed by atoms with Gasteiger partial charge in [0.2, 0.25) is 0 Å². The topological polar surface area (TPSA) is 43.8 Å². The maximum atomic E-state index is 6.48. The van der Waals surface area contributed by atoms with Crippen molar-refractivity contribution in [3.05, 3.63) is 53.3 Å². The Bertz CT molecular complexity index is 544. The number of hydrogen-bond donors (Lipinski definition) is 1. The predicted octanol–water partition coefficient (Wildman–Crippen LogP) is 2.63. The van der Waals surface area contributed by atoms with Crippen LogP contribution in [-0.4, -0.2) is 9.78 Å². The maximum absolute atomic E-state index is 6.48. The van der Waals surface area contributed by atoms with Gasteiger partial charge in [-0.2, -0.15) is 5.10 Å². The lowest BCUT2D eigenvalue weighted by atomic mass is 9.91. The van der Waals surface area contributed by atoms with Crippen molar-refractivity contribution in [3.63, 3.8) is 0 Å². The highest BCUT2D eigenvalue weighted by atomic mass is 15.3. The van der Waals surface area contributed by atoms with Gasteiger partial charge < -0.3 is 5.73 Å². The molecule has 0 saturated heterocycles. The Kier molecular flexibility index (Phi) is 2.92. The van der Waals surface area contributed by atoms with E-state index in [-0.39, 0.29) is 6.04 Å². The molecule has 3 rings (SSSR count). The molecule has 0 spiro atoms. The third kappa shape index (κ3) is 1.75. The van der Waals surface area contributed by atoms with E-state index in [9.17, 15) is 0 Å². The van der Waals surface area contributed by atoms with Gasteiger partial charge in [-0.1, -0.05) is 24.3 Å². The molecule has 0 saturated carbocycles. The van der Waals surface area contributed by atoms with Gasteiger partial charge in [-0.25, -0.2) is 0 Å². The van der Waals surface area contributed by atoms with Crippen molar-refractivity contribution in [2.45, 2.75) is 38.3 Å². The number of nitrogens with zero attached hydrogens (tertiary/aromatic N) is 2. The van der Waals surface area contributed by atoms with E-state index in [1.165, 1.54) is 11.1 Å². The Labute approximate surface area is 108 Å². The van der Waals surface area contributed by atoms with Crippen molar-refractivity contribution in [1.82, 2.24) is 9.78 Å². The minimum atomic E-state index is 0.0519. The van der Waals surface area contributed by atoms with Gasteiger partial charge in [-0.3, -0.25) is 4.68 Å². The van der Waals surface area contributed by atoms with E-state index in [0.717, 1.165) is 25.1 Å². The van der Waals surface area contributed by atoms with Crippen LogP contribution in [0.2, 0.25) is 0 Å². The van der Waals surface area contributed by atoms with E-state index in [0.29, 0.717) is 5.92 Å². The van der Waals surface area contributed by atoms with Crippen molar-refractivity contribution < 1.29 is 0 Å². The largest absolute Gasteiger partial charge is 0.322 e. The van der Waals surface area contributed by atoms with Gasteiger partial charge in [0, 0.05) is 18.7 Å². The Morgan fingerprint density at radius 1 is 1.39 bits per heavy atom. The summed E-state index contributed by atoms with van der Waals surface area (Å²) in [5.74, 6) is 0.434. The van der Waals surface area contributed by atoms with Crippen LogP contribution in [0, 0.1) is 0 Å². The molecule has 0 bridgehead atoms. The zero-order valence-electron chi connectivity index (χ0n) is 10.7. The molecule has 0 amide bonds. The van der Waals surface area contributed by atoms with Gasteiger partial charge in [0.15, 0.2) is 0 Å². The second kappa shape index (κ2) is 4.58.